The monoisotopic (exact) mass is 588 g/mol. The molecular weight excluding hydrogens is 552 g/mol. The third kappa shape index (κ3) is 7.25. The van der Waals surface area contributed by atoms with Gasteiger partial charge in [-0.15, -0.1) is 0 Å². The quantitative estimate of drug-likeness (QED) is 0.302. The molecule has 1 aliphatic heterocycles. The van der Waals surface area contributed by atoms with Crippen molar-refractivity contribution in [3.8, 4) is 28.4 Å². The van der Waals surface area contributed by atoms with Crippen molar-refractivity contribution in [1.29, 1.82) is 0 Å². The highest BCUT2D eigenvalue weighted by atomic mass is 35.5. The van der Waals surface area contributed by atoms with Gasteiger partial charge in [-0.05, 0) is 52.9 Å². The maximum atomic E-state index is 12.5. The first-order chi connectivity index (χ1) is 19.7. The first-order valence-corrected chi connectivity index (χ1v) is 13.9. The Morgan fingerprint density at radius 2 is 2.10 bits per heavy atom. The Kier molecular flexibility index (Phi) is 10.4. The van der Waals surface area contributed by atoms with Crippen molar-refractivity contribution in [2.45, 2.75) is 39.8 Å². The van der Waals surface area contributed by atoms with Gasteiger partial charge in [-0.1, -0.05) is 16.8 Å². The van der Waals surface area contributed by atoms with Gasteiger partial charge in [0.2, 0.25) is 0 Å². The second-order valence-electron chi connectivity index (χ2n) is 9.73. The number of anilines is 1. The molecule has 0 spiro atoms. The summed E-state index contributed by atoms with van der Waals surface area (Å²) in [6.07, 6.45) is -1.04. The summed E-state index contributed by atoms with van der Waals surface area (Å²) >= 11 is 6.64. The summed E-state index contributed by atoms with van der Waals surface area (Å²) in [5.41, 5.74) is 3.43. The van der Waals surface area contributed by atoms with Crippen molar-refractivity contribution in [2.75, 3.05) is 58.4 Å². The van der Waals surface area contributed by atoms with Crippen LogP contribution in [0, 0.1) is 20.8 Å². The molecule has 3 N–H and O–H groups in total. The molecule has 0 bridgehead atoms. The third-order valence-electron chi connectivity index (χ3n) is 6.71. The lowest BCUT2D eigenvalue weighted by Crippen LogP contribution is -2.52. The Balaban J connectivity index is 1.70. The van der Waals surface area contributed by atoms with Crippen LogP contribution in [0.25, 0.3) is 22.6 Å². The number of nitrogens with zero attached hydrogens (tertiary/aromatic N) is 4. The minimum atomic E-state index is -0.672. The molecule has 222 valence electrons. The van der Waals surface area contributed by atoms with Crippen LogP contribution in [0.4, 0.5) is 10.6 Å². The van der Waals surface area contributed by atoms with E-state index in [9.17, 15) is 9.90 Å². The Bertz CT molecular complexity index is 1330. The van der Waals surface area contributed by atoms with Crippen LogP contribution < -0.4 is 15.4 Å². The van der Waals surface area contributed by atoms with Gasteiger partial charge in [-0.3, -0.25) is 4.90 Å². The number of aliphatic hydroxyl groups excluding tert-OH is 1. The first-order valence-electron chi connectivity index (χ1n) is 13.6. The standard InChI is InChI=1S/C28H37ClN6O6/c1-6-39-28(37)35-9-10-38-14-19(35)12-31-26-16(2)25(24-17(3)34-41-18(24)4)32-27(33-26)22-11-21(7-8-23(22)29)40-15-20(36)13-30-5/h7-8,11,19-20,30,36H,6,9-10,12-15H2,1-5H3,(H,31,32,33)/t19-,20?/m0/s1. The summed E-state index contributed by atoms with van der Waals surface area (Å²) in [5, 5.41) is 20.9. The number of aliphatic hydroxyl groups is 1. The summed E-state index contributed by atoms with van der Waals surface area (Å²) in [4.78, 5) is 24.0. The number of likely N-dealkylation sites (N-methyl/N-ethyl adjacent to an activating group) is 1. The molecule has 1 amide bonds. The van der Waals surface area contributed by atoms with Crippen LogP contribution in [0.2, 0.25) is 5.02 Å². The van der Waals surface area contributed by atoms with Crippen LogP contribution in [-0.2, 0) is 9.47 Å². The van der Waals surface area contributed by atoms with Gasteiger partial charge in [-0.25, -0.2) is 14.8 Å². The summed E-state index contributed by atoms with van der Waals surface area (Å²) in [6, 6.07) is 4.93. The fourth-order valence-electron chi connectivity index (χ4n) is 4.61. The van der Waals surface area contributed by atoms with Gasteiger partial charge in [-0.2, -0.15) is 0 Å². The number of aryl methyl sites for hydroxylation is 2. The lowest BCUT2D eigenvalue weighted by atomic mass is 10.0. The highest BCUT2D eigenvalue weighted by Gasteiger charge is 2.29. The zero-order valence-corrected chi connectivity index (χ0v) is 24.7. The predicted octanol–water partition coefficient (Wildman–Crippen LogP) is 3.61. The third-order valence-corrected chi connectivity index (χ3v) is 7.04. The van der Waals surface area contributed by atoms with Gasteiger partial charge in [0.15, 0.2) is 5.82 Å². The lowest BCUT2D eigenvalue weighted by molar-refractivity contribution is -0.00379. The largest absolute Gasteiger partial charge is 0.491 e. The van der Waals surface area contributed by atoms with Gasteiger partial charge in [0.25, 0.3) is 0 Å². The average Bonchev–Trinajstić information content (AvgIpc) is 3.29. The molecule has 0 saturated carbocycles. The zero-order valence-electron chi connectivity index (χ0n) is 24.0. The first kappa shape index (κ1) is 30.5. The molecule has 2 aromatic heterocycles. The maximum absolute atomic E-state index is 12.5. The molecule has 13 heteroatoms. The maximum Gasteiger partial charge on any atom is 0.410 e. The highest BCUT2D eigenvalue weighted by Crippen LogP contribution is 2.36. The summed E-state index contributed by atoms with van der Waals surface area (Å²) in [7, 11) is 1.76. The Labute approximate surface area is 244 Å². The van der Waals surface area contributed by atoms with E-state index in [1.54, 1.807) is 37.1 Å². The van der Waals surface area contributed by atoms with Gasteiger partial charge in [0.1, 0.15) is 30.0 Å². The zero-order chi connectivity index (χ0) is 29.5. The molecular formula is C28H37ClN6O6. The molecule has 41 heavy (non-hydrogen) atoms. The molecule has 1 unspecified atom stereocenters. The van der Waals surface area contributed by atoms with Gasteiger partial charge in [0, 0.05) is 30.8 Å². The number of benzene rings is 1. The van der Waals surface area contributed by atoms with E-state index in [2.05, 4.69) is 15.8 Å². The van der Waals surface area contributed by atoms with Crippen molar-refractivity contribution in [3.63, 3.8) is 0 Å². The second kappa shape index (κ2) is 13.9. The molecule has 0 radical (unpaired) electrons. The predicted molar refractivity (Wildman–Crippen MR) is 154 cm³/mol. The van der Waals surface area contributed by atoms with Crippen LogP contribution in [0.3, 0.4) is 0 Å². The van der Waals surface area contributed by atoms with Crippen LogP contribution in [0.15, 0.2) is 22.7 Å². The SMILES string of the molecule is CCOC(=O)N1CCOC[C@@H]1CNc1nc(-c2cc(OCC(O)CNC)ccc2Cl)nc(-c2c(C)noc2C)c1C. The summed E-state index contributed by atoms with van der Waals surface area (Å²) in [6.45, 7) is 9.81. The molecule has 1 aliphatic rings. The van der Waals surface area contributed by atoms with E-state index in [1.807, 2.05) is 20.8 Å². The Hall–Kier alpha value is -3.45. The topological polar surface area (TPSA) is 144 Å². The number of carbonyl (C=O) groups is 1. The summed E-state index contributed by atoms with van der Waals surface area (Å²) < 4.78 is 22.2. The van der Waals surface area contributed by atoms with Crippen molar-refractivity contribution in [1.82, 2.24) is 25.3 Å². The van der Waals surface area contributed by atoms with Crippen molar-refractivity contribution in [3.05, 3.63) is 40.2 Å². The van der Waals surface area contributed by atoms with Crippen LogP contribution >= 0.6 is 11.6 Å². The van der Waals surface area contributed by atoms with E-state index >= 15 is 0 Å². The average molecular weight is 589 g/mol. The Morgan fingerprint density at radius 1 is 1.29 bits per heavy atom. The summed E-state index contributed by atoms with van der Waals surface area (Å²) in [5.74, 6) is 2.06. The molecule has 0 aliphatic carbocycles. The van der Waals surface area contributed by atoms with Crippen LogP contribution in [0.1, 0.15) is 23.9 Å². The minimum absolute atomic E-state index is 0.105. The lowest BCUT2D eigenvalue weighted by Gasteiger charge is -2.35. The number of hydrogen-bond acceptors (Lipinski definition) is 11. The van der Waals surface area contributed by atoms with Crippen molar-refractivity contribution < 1.29 is 28.6 Å². The van der Waals surface area contributed by atoms with Crippen molar-refractivity contribution >= 4 is 23.5 Å². The molecule has 2 atom stereocenters. The van der Waals surface area contributed by atoms with E-state index in [1.165, 1.54) is 0 Å². The van der Waals surface area contributed by atoms with E-state index in [-0.39, 0.29) is 18.7 Å². The van der Waals surface area contributed by atoms with Gasteiger partial charge < -0.3 is 34.5 Å². The molecule has 12 nitrogen and oxygen atoms in total. The van der Waals surface area contributed by atoms with E-state index < -0.39 is 6.10 Å². The van der Waals surface area contributed by atoms with Gasteiger partial charge in [0.05, 0.1) is 47.8 Å². The number of halogens is 1. The molecule has 1 aromatic carbocycles. The number of carbonyl (C=O) groups excluding carboxylic acids is 1. The molecule has 1 fully saturated rings. The van der Waals surface area contributed by atoms with Crippen LogP contribution in [0.5, 0.6) is 5.75 Å². The fourth-order valence-corrected chi connectivity index (χ4v) is 4.81. The number of aromatic nitrogens is 3. The van der Waals surface area contributed by atoms with Crippen LogP contribution in [-0.4, -0.2) is 96.5 Å². The number of amides is 1. The van der Waals surface area contributed by atoms with Gasteiger partial charge >= 0.3 is 6.09 Å². The van der Waals surface area contributed by atoms with E-state index in [4.69, 9.17) is 40.3 Å². The van der Waals surface area contributed by atoms with E-state index in [0.717, 1.165) is 11.1 Å². The molecule has 3 aromatic rings. The number of ether oxygens (including phenoxy) is 3. The second-order valence-corrected chi connectivity index (χ2v) is 10.1. The molecule has 4 rings (SSSR count). The number of morpholine rings is 1. The van der Waals surface area contributed by atoms with Crippen molar-refractivity contribution in [2.24, 2.45) is 0 Å². The fraction of sp³-hybridized carbons (Fsp3) is 0.500. The normalized spacial score (nSPS) is 16.0. The number of nitrogens with one attached hydrogen (secondary N) is 2. The Morgan fingerprint density at radius 3 is 2.80 bits per heavy atom. The number of rotatable bonds is 11. The smallest absolute Gasteiger partial charge is 0.410 e. The van der Waals surface area contributed by atoms with E-state index in [0.29, 0.717) is 84.6 Å². The molecule has 3 heterocycles. The highest BCUT2D eigenvalue weighted by molar-refractivity contribution is 6.33. The molecule has 1 saturated heterocycles. The number of hydrogen-bond donors (Lipinski definition) is 3. The minimum Gasteiger partial charge on any atom is -0.491 e.